The van der Waals surface area contributed by atoms with Crippen LogP contribution >= 0.6 is 0 Å². The van der Waals surface area contributed by atoms with E-state index < -0.39 is 0 Å². The summed E-state index contributed by atoms with van der Waals surface area (Å²) < 4.78 is 5.99. The zero-order chi connectivity index (χ0) is 19.2. The van der Waals surface area contributed by atoms with Gasteiger partial charge in [0, 0.05) is 17.4 Å². The van der Waals surface area contributed by atoms with Crippen molar-refractivity contribution in [3.63, 3.8) is 0 Å². The van der Waals surface area contributed by atoms with E-state index in [-0.39, 0.29) is 17.5 Å². The number of hydrogen-bond donors (Lipinski definition) is 1. The molecule has 0 amide bonds. The van der Waals surface area contributed by atoms with E-state index in [1.165, 1.54) is 23.1 Å². The topological polar surface area (TPSA) is 46.5 Å². The Morgan fingerprint density at radius 1 is 1.26 bits per heavy atom. The van der Waals surface area contributed by atoms with Crippen molar-refractivity contribution >= 4 is 5.97 Å². The van der Waals surface area contributed by atoms with E-state index in [9.17, 15) is 9.90 Å². The average Bonchev–Trinajstić information content (AvgIpc) is 2.99. The number of ether oxygens (including phenoxy) is 1. The van der Waals surface area contributed by atoms with Crippen LogP contribution in [-0.2, 0) is 16.0 Å². The highest BCUT2D eigenvalue weighted by molar-refractivity contribution is 5.69. The second-order valence-corrected chi connectivity index (χ2v) is 9.41. The second kappa shape index (κ2) is 7.14. The Balaban J connectivity index is 1.56. The van der Waals surface area contributed by atoms with Gasteiger partial charge in [0.15, 0.2) is 0 Å². The van der Waals surface area contributed by atoms with Crippen molar-refractivity contribution < 1.29 is 14.6 Å². The van der Waals surface area contributed by atoms with Gasteiger partial charge in [0.1, 0.15) is 11.9 Å². The van der Waals surface area contributed by atoms with Crippen LogP contribution in [0.4, 0.5) is 0 Å². The van der Waals surface area contributed by atoms with Crippen molar-refractivity contribution in [2.75, 3.05) is 0 Å². The van der Waals surface area contributed by atoms with Gasteiger partial charge in [-0.05, 0) is 86.8 Å². The number of carbonyl (C=O) groups excluding carboxylic acids is 1. The molecule has 0 radical (unpaired) electrons. The Morgan fingerprint density at radius 2 is 2.07 bits per heavy atom. The van der Waals surface area contributed by atoms with Crippen molar-refractivity contribution in [1.29, 1.82) is 0 Å². The lowest BCUT2D eigenvalue weighted by molar-refractivity contribution is -0.157. The molecular formula is C24H34O3. The predicted octanol–water partition coefficient (Wildman–Crippen LogP) is 5.66. The molecule has 1 aromatic carbocycles. The van der Waals surface area contributed by atoms with Gasteiger partial charge in [0.05, 0.1) is 0 Å². The monoisotopic (exact) mass is 370 g/mol. The van der Waals surface area contributed by atoms with Gasteiger partial charge in [-0.3, -0.25) is 4.79 Å². The van der Waals surface area contributed by atoms with Gasteiger partial charge >= 0.3 is 5.97 Å². The third-order valence-corrected chi connectivity index (χ3v) is 8.03. The third-order valence-electron chi connectivity index (χ3n) is 8.03. The van der Waals surface area contributed by atoms with E-state index in [1.807, 2.05) is 6.07 Å². The summed E-state index contributed by atoms with van der Waals surface area (Å²) in [6, 6.07) is 3.94. The molecule has 3 aliphatic carbocycles. The maximum absolute atomic E-state index is 12.2. The molecule has 0 saturated heterocycles. The summed E-state index contributed by atoms with van der Waals surface area (Å²) in [7, 11) is 0. The van der Waals surface area contributed by atoms with Gasteiger partial charge in [-0.2, -0.15) is 0 Å². The van der Waals surface area contributed by atoms with Crippen LogP contribution in [0.15, 0.2) is 12.1 Å². The first-order valence-corrected chi connectivity index (χ1v) is 11.0. The molecular weight excluding hydrogens is 336 g/mol. The predicted molar refractivity (Wildman–Crippen MR) is 107 cm³/mol. The number of phenols is 1. The normalized spacial score (nSPS) is 34.5. The number of unbranched alkanes of at least 4 members (excludes halogenated alkanes) is 1. The number of aryl methyl sites for hydroxylation is 1. The molecule has 2 saturated carbocycles. The molecule has 3 heteroatoms. The first kappa shape index (κ1) is 18.8. The van der Waals surface area contributed by atoms with Crippen LogP contribution in [0.5, 0.6) is 5.75 Å². The Bertz CT molecular complexity index is 725. The Labute approximate surface area is 163 Å². The van der Waals surface area contributed by atoms with Crippen LogP contribution in [0.2, 0.25) is 0 Å². The summed E-state index contributed by atoms with van der Waals surface area (Å²) in [6.45, 7) is 6.65. The fourth-order valence-corrected chi connectivity index (χ4v) is 6.55. The number of benzene rings is 1. The number of carbonyl (C=O) groups is 1. The third kappa shape index (κ3) is 3.07. The molecule has 1 N–H and O–H groups in total. The molecule has 0 aliphatic heterocycles. The van der Waals surface area contributed by atoms with Gasteiger partial charge in [0.2, 0.25) is 0 Å². The molecule has 0 unspecified atom stereocenters. The molecule has 0 aromatic heterocycles. The number of hydrogen-bond acceptors (Lipinski definition) is 3. The number of esters is 1. The molecule has 3 aliphatic rings. The van der Waals surface area contributed by atoms with Crippen molar-refractivity contribution in [3.8, 4) is 5.75 Å². The van der Waals surface area contributed by atoms with E-state index in [4.69, 9.17) is 4.74 Å². The molecule has 1 aromatic rings. The summed E-state index contributed by atoms with van der Waals surface area (Å²) in [6.07, 6.45) is 9.24. The molecule has 0 bridgehead atoms. The van der Waals surface area contributed by atoms with E-state index >= 15 is 0 Å². The highest BCUT2D eigenvalue weighted by atomic mass is 16.5. The maximum atomic E-state index is 12.2. The lowest BCUT2D eigenvalue weighted by Gasteiger charge is -2.50. The Morgan fingerprint density at radius 3 is 2.85 bits per heavy atom. The van der Waals surface area contributed by atoms with Gasteiger partial charge in [-0.15, -0.1) is 0 Å². The van der Waals surface area contributed by atoms with Crippen LogP contribution in [0.25, 0.3) is 0 Å². The minimum Gasteiger partial charge on any atom is -0.508 e. The summed E-state index contributed by atoms with van der Waals surface area (Å²) in [5.41, 5.74) is 4.06. The highest BCUT2D eigenvalue weighted by Gasteiger charge is 2.56. The summed E-state index contributed by atoms with van der Waals surface area (Å²) in [4.78, 5) is 12.2. The van der Waals surface area contributed by atoms with Crippen LogP contribution in [0.3, 0.4) is 0 Å². The molecule has 5 atom stereocenters. The Hall–Kier alpha value is -1.51. The first-order chi connectivity index (χ1) is 13.0. The number of phenolic OH excluding ortho intramolecular Hbond substituents is 1. The summed E-state index contributed by atoms with van der Waals surface area (Å²) >= 11 is 0. The highest BCUT2D eigenvalue weighted by Crippen LogP contribution is 2.62. The molecule has 3 nitrogen and oxygen atoms in total. The van der Waals surface area contributed by atoms with E-state index in [2.05, 4.69) is 26.8 Å². The van der Waals surface area contributed by atoms with Gasteiger partial charge in [-0.1, -0.05) is 26.3 Å². The minimum absolute atomic E-state index is 0.00638. The fraction of sp³-hybridized carbons (Fsp3) is 0.708. The fourth-order valence-electron chi connectivity index (χ4n) is 6.55. The van der Waals surface area contributed by atoms with E-state index in [0.29, 0.717) is 29.9 Å². The standard InChI is InChI=1S/C24H34O3/c1-4-5-6-22(26)27-21-12-10-19-17-9-8-16-15(2)7-11-20(25)23(16)18(17)13-14-24(19,21)3/h7,11,17-19,21,25H,4-6,8-10,12-14H2,1-3H3/t17-,18+,19+,21+,24+/m1/s1. The zero-order valence-corrected chi connectivity index (χ0v) is 17.1. The van der Waals surface area contributed by atoms with E-state index in [1.54, 1.807) is 0 Å². The van der Waals surface area contributed by atoms with Crippen LogP contribution in [-0.4, -0.2) is 17.2 Å². The molecule has 0 heterocycles. The van der Waals surface area contributed by atoms with Crippen LogP contribution < -0.4 is 0 Å². The minimum atomic E-state index is -0.00638. The average molecular weight is 371 g/mol. The van der Waals surface area contributed by atoms with Crippen molar-refractivity contribution in [1.82, 2.24) is 0 Å². The molecule has 0 spiro atoms. The van der Waals surface area contributed by atoms with Crippen LogP contribution in [0, 0.1) is 24.2 Å². The largest absolute Gasteiger partial charge is 0.508 e. The second-order valence-electron chi connectivity index (χ2n) is 9.41. The lowest BCUT2D eigenvalue weighted by Crippen LogP contribution is -2.45. The van der Waals surface area contributed by atoms with Crippen molar-refractivity contribution in [2.24, 2.45) is 17.3 Å². The molecule has 4 rings (SSSR count). The molecule has 2 fully saturated rings. The quantitative estimate of drug-likeness (QED) is 0.696. The first-order valence-electron chi connectivity index (χ1n) is 11.0. The molecule has 27 heavy (non-hydrogen) atoms. The van der Waals surface area contributed by atoms with Gasteiger partial charge in [0.25, 0.3) is 0 Å². The maximum Gasteiger partial charge on any atom is 0.306 e. The van der Waals surface area contributed by atoms with Crippen molar-refractivity contribution in [3.05, 3.63) is 28.8 Å². The number of aromatic hydroxyl groups is 1. The number of fused-ring (bicyclic) bond motifs is 5. The lowest BCUT2D eigenvalue weighted by atomic mass is 9.55. The summed E-state index contributed by atoms with van der Waals surface area (Å²) in [5.74, 6) is 2.18. The molecule has 148 valence electrons. The SMILES string of the molecule is CCCCC(=O)O[C@H]1CC[C@H]2[C@@H]3CCc4c(C)ccc(O)c4[C@H]3CC[C@]12C. The summed E-state index contributed by atoms with van der Waals surface area (Å²) in [5, 5.41) is 10.6. The Kier molecular flexibility index (Phi) is 4.98. The zero-order valence-electron chi connectivity index (χ0n) is 17.1. The van der Waals surface area contributed by atoms with E-state index in [0.717, 1.165) is 44.9 Å². The van der Waals surface area contributed by atoms with Crippen molar-refractivity contribution in [2.45, 2.75) is 90.6 Å². The number of rotatable bonds is 4. The van der Waals surface area contributed by atoms with Gasteiger partial charge in [-0.25, -0.2) is 0 Å². The van der Waals surface area contributed by atoms with Gasteiger partial charge < -0.3 is 9.84 Å². The van der Waals surface area contributed by atoms with Crippen LogP contribution in [0.1, 0.15) is 87.8 Å². The smallest absolute Gasteiger partial charge is 0.306 e.